The molecule has 3 heterocycles. The van der Waals surface area contributed by atoms with E-state index in [0.717, 1.165) is 31.5 Å². The molecule has 0 N–H and O–H groups in total. The molecule has 0 radical (unpaired) electrons. The SMILES string of the molecule is CC(C)n1ncc2c(C(=O)OCC(=O)N3CCC[C@H](C)C3)cc(-c3ccccc3)nc21. The van der Waals surface area contributed by atoms with Crippen LogP contribution in [0.15, 0.2) is 42.6 Å². The molecule has 1 aliphatic heterocycles. The number of benzene rings is 1. The number of esters is 1. The Balaban J connectivity index is 1.62. The van der Waals surface area contributed by atoms with E-state index in [0.29, 0.717) is 28.2 Å². The normalized spacial score (nSPS) is 16.6. The van der Waals surface area contributed by atoms with E-state index in [1.807, 2.05) is 44.2 Å². The van der Waals surface area contributed by atoms with Gasteiger partial charge in [0.1, 0.15) is 0 Å². The maximum Gasteiger partial charge on any atom is 0.339 e. The smallest absolute Gasteiger partial charge is 0.339 e. The second-order valence-corrected chi connectivity index (χ2v) is 8.50. The highest BCUT2D eigenvalue weighted by Gasteiger charge is 2.24. The van der Waals surface area contributed by atoms with E-state index in [2.05, 4.69) is 12.0 Å². The van der Waals surface area contributed by atoms with Crippen molar-refractivity contribution in [1.29, 1.82) is 0 Å². The van der Waals surface area contributed by atoms with Gasteiger partial charge in [0, 0.05) is 24.7 Å². The molecule has 3 aromatic rings. The number of pyridine rings is 1. The molecule has 1 amide bonds. The van der Waals surface area contributed by atoms with Gasteiger partial charge in [0.2, 0.25) is 0 Å². The van der Waals surface area contributed by atoms with Gasteiger partial charge >= 0.3 is 5.97 Å². The quantitative estimate of drug-likeness (QED) is 0.581. The first-order valence-electron chi connectivity index (χ1n) is 10.8. The summed E-state index contributed by atoms with van der Waals surface area (Å²) in [4.78, 5) is 32.1. The lowest BCUT2D eigenvalue weighted by atomic mass is 10.0. The monoisotopic (exact) mass is 420 g/mol. The van der Waals surface area contributed by atoms with E-state index >= 15 is 0 Å². The molecular formula is C24H28N4O3. The Morgan fingerprint density at radius 1 is 1.23 bits per heavy atom. The highest BCUT2D eigenvalue weighted by molar-refractivity contribution is 6.04. The van der Waals surface area contributed by atoms with Crippen LogP contribution in [-0.4, -0.2) is 51.2 Å². The summed E-state index contributed by atoms with van der Waals surface area (Å²) in [7, 11) is 0. The second kappa shape index (κ2) is 8.88. The Morgan fingerprint density at radius 3 is 2.71 bits per heavy atom. The second-order valence-electron chi connectivity index (χ2n) is 8.50. The van der Waals surface area contributed by atoms with E-state index in [-0.39, 0.29) is 18.6 Å². The van der Waals surface area contributed by atoms with Crippen molar-refractivity contribution in [2.45, 2.75) is 39.7 Å². The van der Waals surface area contributed by atoms with Crippen molar-refractivity contribution in [1.82, 2.24) is 19.7 Å². The van der Waals surface area contributed by atoms with Gasteiger partial charge in [0.25, 0.3) is 5.91 Å². The topological polar surface area (TPSA) is 77.3 Å². The molecule has 4 rings (SSSR count). The summed E-state index contributed by atoms with van der Waals surface area (Å²) in [6.45, 7) is 7.35. The van der Waals surface area contributed by atoms with E-state index in [4.69, 9.17) is 9.72 Å². The largest absolute Gasteiger partial charge is 0.452 e. The highest BCUT2D eigenvalue weighted by atomic mass is 16.5. The van der Waals surface area contributed by atoms with Crippen molar-refractivity contribution < 1.29 is 14.3 Å². The molecule has 1 atom stereocenters. The zero-order valence-electron chi connectivity index (χ0n) is 18.2. The number of hydrogen-bond donors (Lipinski definition) is 0. The molecule has 1 fully saturated rings. The first-order chi connectivity index (χ1) is 14.9. The summed E-state index contributed by atoms with van der Waals surface area (Å²) < 4.78 is 7.24. The van der Waals surface area contributed by atoms with Gasteiger partial charge in [-0.1, -0.05) is 37.3 Å². The standard InChI is InChI=1S/C24H28N4O3/c1-16(2)28-23-20(13-25-28)19(12-21(26-23)18-9-5-4-6-10-18)24(30)31-15-22(29)27-11-7-8-17(3)14-27/h4-6,9-10,12-13,16-17H,7-8,11,14-15H2,1-3H3/t17-/m0/s1. The van der Waals surface area contributed by atoms with E-state index in [1.54, 1.807) is 21.8 Å². The number of nitrogens with zero attached hydrogens (tertiary/aromatic N) is 4. The Hall–Kier alpha value is -3.22. The molecular weight excluding hydrogens is 392 g/mol. The van der Waals surface area contributed by atoms with E-state index in [1.165, 1.54) is 0 Å². The summed E-state index contributed by atoms with van der Waals surface area (Å²) >= 11 is 0. The predicted molar refractivity (Wildman–Crippen MR) is 119 cm³/mol. The molecule has 7 heteroatoms. The van der Waals surface area contributed by atoms with Gasteiger partial charge in [-0.25, -0.2) is 14.5 Å². The number of fused-ring (bicyclic) bond motifs is 1. The minimum Gasteiger partial charge on any atom is -0.452 e. The van der Waals surface area contributed by atoms with Crippen molar-refractivity contribution >= 4 is 22.9 Å². The van der Waals surface area contributed by atoms with Crippen LogP contribution >= 0.6 is 0 Å². The van der Waals surface area contributed by atoms with Crippen LogP contribution in [0.3, 0.4) is 0 Å². The Labute approximate surface area is 182 Å². The van der Waals surface area contributed by atoms with E-state index < -0.39 is 5.97 Å². The maximum absolute atomic E-state index is 13.0. The molecule has 1 aliphatic rings. The Morgan fingerprint density at radius 2 is 2.00 bits per heavy atom. The van der Waals surface area contributed by atoms with Crippen LogP contribution in [-0.2, 0) is 9.53 Å². The van der Waals surface area contributed by atoms with Crippen LogP contribution in [0.5, 0.6) is 0 Å². The summed E-state index contributed by atoms with van der Waals surface area (Å²) in [5.41, 5.74) is 2.56. The molecule has 1 aromatic carbocycles. The minimum atomic E-state index is -0.536. The van der Waals surface area contributed by atoms with Crippen molar-refractivity contribution in [3.63, 3.8) is 0 Å². The molecule has 2 aromatic heterocycles. The van der Waals surface area contributed by atoms with Gasteiger partial charge in [-0.05, 0) is 38.7 Å². The Bertz CT molecular complexity index is 1090. The third-order valence-electron chi connectivity index (χ3n) is 5.68. The third kappa shape index (κ3) is 4.45. The van der Waals surface area contributed by atoms with Gasteiger partial charge in [0.15, 0.2) is 12.3 Å². The van der Waals surface area contributed by atoms with Crippen LogP contribution in [0, 0.1) is 5.92 Å². The number of amides is 1. The summed E-state index contributed by atoms with van der Waals surface area (Å²) in [5, 5.41) is 5.04. The van der Waals surface area contributed by atoms with Crippen molar-refractivity contribution in [2.24, 2.45) is 5.92 Å². The molecule has 0 bridgehead atoms. The number of likely N-dealkylation sites (tertiary alicyclic amines) is 1. The third-order valence-corrected chi connectivity index (χ3v) is 5.68. The summed E-state index contributed by atoms with van der Waals surface area (Å²) in [6.07, 6.45) is 3.75. The lowest BCUT2D eigenvalue weighted by molar-refractivity contribution is -0.136. The number of ether oxygens (including phenoxy) is 1. The number of carbonyl (C=O) groups excluding carboxylic acids is 2. The molecule has 0 aliphatic carbocycles. The van der Waals surface area contributed by atoms with Crippen LogP contribution in [0.4, 0.5) is 0 Å². The Kier molecular flexibility index (Phi) is 6.02. The lowest BCUT2D eigenvalue weighted by Crippen LogP contribution is -2.41. The number of hydrogen-bond acceptors (Lipinski definition) is 5. The number of rotatable bonds is 5. The average molecular weight is 421 g/mol. The fraction of sp³-hybridized carbons (Fsp3) is 0.417. The number of piperidine rings is 1. The molecule has 0 unspecified atom stereocenters. The number of carbonyl (C=O) groups is 2. The first kappa shape index (κ1) is 21.0. The van der Waals surface area contributed by atoms with E-state index in [9.17, 15) is 9.59 Å². The first-order valence-corrected chi connectivity index (χ1v) is 10.8. The van der Waals surface area contributed by atoms with Gasteiger partial charge in [-0.15, -0.1) is 0 Å². The zero-order chi connectivity index (χ0) is 22.0. The maximum atomic E-state index is 13.0. The van der Waals surface area contributed by atoms with Crippen LogP contribution in [0.2, 0.25) is 0 Å². The van der Waals surface area contributed by atoms with Gasteiger partial charge in [0.05, 0.1) is 22.8 Å². The molecule has 162 valence electrons. The highest BCUT2D eigenvalue weighted by Crippen LogP contribution is 2.27. The molecule has 0 spiro atoms. The van der Waals surface area contributed by atoms with Crippen LogP contribution in [0.1, 0.15) is 50.0 Å². The number of aromatic nitrogens is 3. The molecule has 7 nitrogen and oxygen atoms in total. The van der Waals surface area contributed by atoms with Crippen molar-refractivity contribution in [2.75, 3.05) is 19.7 Å². The zero-order valence-corrected chi connectivity index (χ0v) is 18.2. The van der Waals surface area contributed by atoms with Gasteiger partial charge < -0.3 is 9.64 Å². The fourth-order valence-electron chi connectivity index (χ4n) is 4.03. The van der Waals surface area contributed by atoms with Crippen molar-refractivity contribution in [3.8, 4) is 11.3 Å². The minimum absolute atomic E-state index is 0.0857. The summed E-state index contributed by atoms with van der Waals surface area (Å²) in [5.74, 6) is -0.207. The fourth-order valence-corrected chi connectivity index (χ4v) is 4.03. The molecule has 0 saturated carbocycles. The average Bonchev–Trinajstić information content (AvgIpc) is 3.21. The molecule has 31 heavy (non-hydrogen) atoms. The van der Waals surface area contributed by atoms with Crippen LogP contribution in [0.25, 0.3) is 22.3 Å². The lowest BCUT2D eigenvalue weighted by Gasteiger charge is -2.30. The molecule has 1 saturated heterocycles. The van der Waals surface area contributed by atoms with Gasteiger partial charge in [-0.3, -0.25) is 4.79 Å². The van der Waals surface area contributed by atoms with Crippen molar-refractivity contribution in [3.05, 3.63) is 48.2 Å². The predicted octanol–water partition coefficient (Wildman–Crippen LogP) is 4.09. The summed E-state index contributed by atoms with van der Waals surface area (Å²) in [6, 6.07) is 11.5. The van der Waals surface area contributed by atoms with Gasteiger partial charge in [-0.2, -0.15) is 5.10 Å². The van der Waals surface area contributed by atoms with Crippen LogP contribution < -0.4 is 0 Å².